The van der Waals surface area contributed by atoms with Crippen LogP contribution in [-0.4, -0.2) is 23.0 Å². The van der Waals surface area contributed by atoms with E-state index in [0.717, 1.165) is 0 Å². The molecule has 13 heavy (non-hydrogen) atoms. The highest BCUT2D eigenvalue weighted by molar-refractivity contribution is 8.33. The zero-order chi connectivity index (χ0) is 10.2. The van der Waals surface area contributed by atoms with Gasteiger partial charge in [-0.2, -0.15) is 0 Å². The van der Waals surface area contributed by atoms with E-state index in [9.17, 15) is 0 Å². The molecule has 0 aliphatic heterocycles. The fourth-order valence-corrected chi connectivity index (χ4v) is 4.79. The van der Waals surface area contributed by atoms with Crippen molar-refractivity contribution in [1.29, 1.82) is 0 Å². The monoisotopic (exact) mass is 204 g/mol. The molecule has 0 bridgehead atoms. The van der Waals surface area contributed by atoms with Crippen molar-refractivity contribution in [2.75, 3.05) is 23.0 Å². The molecular weight excluding hydrogens is 176 g/mol. The van der Waals surface area contributed by atoms with E-state index in [1.165, 1.54) is 48.7 Å². The molecule has 82 valence electrons. The van der Waals surface area contributed by atoms with E-state index in [4.69, 9.17) is 0 Å². The molecule has 0 radical (unpaired) electrons. The molecule has 1 heteroatoms. The summed E-state index contributed by atoms with van der Waals surface area (Å²) in [5.74, 6) is 5.89. The quantitative estimate of drug-likeness (QED) is 0.513. The Balaban J connectivity index is 3.68. The first-order valence-electron chi connectivity index (χ1n) is 5.98. The minimum Gasteiger partial charge on any atom is -0.242 e. The molecular formula is C12H28S. The molecule has 0 nitrogen and oxygen atoms in total. The Kier molecular flexibility index (Phi) is 7.93. The molecule has 0 aromatic rings. The molecule has 0 heterocycles. The van der Waals surface area contributed by atoms with Crippen molar-refractivity contribution in [3.63, 3.8) is 0 Å². The van der Waals surface area contributed by atoms with E-state index in [1.54, 1.807) is 0 Å². The molecule has 0 fully saturated rings. The first-order valence-corrected chi connectivity index (χ1v) is 8.29. The Labute approximate surface area is 86.8 Å². The lowest BCUT2D eigenvalue weighted by atomic mass is 10.2. The van der Waals surface area contributed by atoms with Gasteiger partial charge in [-0.05, 0) is 29.4 Å². The van der Waals surface area contributed by atoms with Crippen LogP contribution in [0.15, 0.2) is 0 Å². The maximum atomic E-state index is 2.39. The van der Waals surface area contributed by atoms with Crippen LogP contribution >= 0.6 is 10.0 Å². The van der Waals surface area contributed by atoms with Crippen LogP contribution in [0.5, 0.6) is 0 Å². The van der Waals surface area contributed by atoms with Gasteiger partial charge < -0.3 is 0 Å². The van der Waals surface area contributed by atoms with Crippen LogP contribution in [0.25, 0.3) is 0 Å². The Morgan fingerprint density at radius 2 is 1.23 bits per heavy atom. The number of hydrogen-bond acceptors (Lipinski definition) is 0. The molecule has 0 aromatic heterocycles. The molecule has 0 amide bonds. The van der Waals surface area contributed by atoms with Gasteiger partial charge in [-0.25, -0.2) is 10.0 Å². The average molecular weight is 204 g/mol. The van der Waals surface area contributed by atoms with Crippen LogP contribution in [0.3, 0.4) is 0 Å². The summed E-state index contributed by atoms with van der Waals surface area (Å²) in [4.78, 5) is 0. The van der Waals surface area contributed by atoms with Gasteiger partial charge in [0, 0.05) is 0 Å². The second-order valence-electron chi connectivity index (χ2n) is 3.86. The van der Waals surface area contributed by atoms with E-state index in [2.05, 4.69) is 27.7 Å². The van der Waals surface area contributed by atoms with Crippen LogP contribution in [0.1, 0.15) is 53.4 Å². The molecule has 0 aliphatic rings. The van der Waals surface area contributed by atoms with Gasteiger partial charge in [0.05, 0.1) is 0 Å². The Morgan fingerprint density at radius 1 is 0.692 bits per heavy atom. The maximum Gasteiger partial charge on any atom is -0.0228 e. The molecule has 0 unspecified atom stereocenters. The minimum absolute atomic E-state index is 0.191. The summed E-state index contributed by atoms with van der Waals surface area (Å²) in [6.45, 7) is 9.46. The largest absolute Gasteiger partial charge is 0.242 e. The topological polar surface area (TPSA) is 0 Å². The summed E-state index contributed by atoms with van der Waals surface area (Å²) >= 11 is 0. The molecule has 0 spiro atoms. The highest BCUT2D eigenvalue weighted by atomic mass is 32.3. The van der Waals surface area contributed by atoms with Crippen LogP contribution in [-0.2, 0) is 0 Å². The van der Waals surface area contributed by atoms with E-state index in [1.807, 2.05) is 0 Å². The lowest BCUT2D eigenvalue weighted by Crippen LogP contribution is -2.13. The number of hydrogen-bond donors (Lipinski definition) is 0. The lowest BCUT2D eigenvalue weighted by molar-refractivity contribution is 0.704. The van der Waals surface area contributed by atoms with Gasteiger partial charge in [-0.1, -0.05) is 47.0 Å². The van der Waals surface area contributed by atoms with Gasteiger partial charge in [0.2, 0.25) is 0 Å². The normalized spacial score (nSPS) is 13.2. The first kappa shape index (κ1) is 13.4. The Morgan fingerprint density at radius 3 is 1.62 bits per heavy atom. The van der Waals surface area contributed by atoms with Crippen molar-refractivity contribution in [2.45, 2.75) is 53.4 Å². The van der Waals surface area contributed by atoms with Crippen molar-refractivity contribution in [2.24, 2.45) is 0 Å². The van der Waals surface area contributed by atoms with Crippen LogP contribution in [0.2, 0.25) is 0 Å². The Bertz CT molecular complexity index is 97.4. The molecule has 0 rings (SSSR count). The van der Waals surface area contributed by atoms with E-state index in [0.29, 0.717) is 0 Å². The molecule has 0 aliphatic carbocycles. The average Bonchev–Trinajstić information content (AvgIpc) is 2.20. The maximum absolute atomic E-state index is 2.39. The Hall–Kier alpha value is 0.350. The SMILES string of the molecule is CCCCCCS(CC)(CC)CC. The number of rotatable bonds is 8. The predicted molar refractivity (Wildman–Crippen MR) is 68.2 cm³/mol. The van der Waals surface area contributed by atoms with Gasteiger partial charge in [0.25, 0.3) is 0 Å². The summed E-state index contributed by atoms with van der Waals surface area (Å²) in [6, 6.07) is 0. The van der Waals surface area contributed by atoms with Crippen molar-refractivity contribution in [1.82, 2.24) is 0 Å². The van der Waals surface area contributed by atoms with Crippen molar-refractivity contribution >= 4 is 10.0 Å². The van der Waals surface area contributed by atoms with Crippen LogP contribution < -0.4 is 0 Å². The summed E-state index contributed by atoms with van der Waals surface area (Å²) in [6.07, 6.45) is 5.75. The van der Waals surface area contributed by atoms with Crippen molar-refractivity contribution in [3.05, 3.63) is 0 Å². The van der Waals surface area contributed by atoms with Gasteiger partial charge >= 0.3 is 0 Å². The highest BCUT2D eigenvalue weighted by Crippen LogP contribution is 2.47. The molecule has 0 N–H and O–H groups in total. The predicted octanol–water partition coefficient (Wildman–Crippen LogP) is 4.43. The third-order valence-corrected chi connectivity index (χ3v) is 8.10. The minimum atomic E-state index is -0.191. The first-order chi connectivity index (χ1) is 6.24. The van der Waals surface area contributed by atoms with Crippen molar-refractivity contribution < 1.29 is 0 Å². The lowest BCUT2D eigenvalue weighted by Gasteiger charge is -2.37. The third-order valence-electron chi connectivity index (χ3n) is 3.27. The molecule has 0 atom stereocenters. The van der Waals surface area contributed by atoms with Gasteiger partial charge in [0.15, 0.2) is 0 Å². The van der Waals surface area contributed by atoms with E-state index in [-0.39, 0.29) is 10.0 Å². The second-order valence-corrected chi connectivity index (χ2v) is 8.45. The van der Waals surface area contributed by atoms with Gasteiger partial charge in [-0.3, -0.25) is 0 Å². The van der Waals surface area contributed by atoms with Crippen LogP contribution in [0, 0.1) is 0 Å². The fourth-order valence-electron chi connectivity index (χ4n) is 1.88. The molecule has 0 aromatic carbocycles. The van der Waals surface area contributed by atoms with Crippen molar-refractivity contribution in [3.8, 4) is 0 Å². The number of unbranched alkanes of at least 4 members (excludes halogenated alkanes) is 3. The van der Waals surface area contributed by atoms with Crippen LogP contribution in [0.4, 0.5) is 0 Å². The highest BCUT2D eigenvalue weighted by Gasteiger charge is 2.16. The zero-order valence-corrected chi connectivity index (χ0v) is 10.9. The van der Waals surface area contributed by atoms with E-state index < -0.39 is 0 Å². The fraction of sp³-hybridized carbons (Fsp3) is 1.00. The smallest absolute Gasteiger partial charge is 0.0228 e. The van der Waals surface area contributed by atoms with Gasteiger partial charge in [-0.15, -0.1) is 0 Å². The molecule has 0 saturated heterocycles. The zero-order valence-electron chi connectivity index (χ0n) is 10.1. The third kappa shape index (κ3) is 4.95. The summed E-state index contributed by atoms with van der Waals surface area (Å²) in [7, 11) is -0.191. The standard InChI is InChI=1S/C12H28S/c1-5-9-10-11-12-13(6-2,7-3)8-4/h5-12H2,1-4H3. The molecule has 0 saturated carbocycles. The van der Waals surface area contributed by atoms with E-state index >= 15 is 0 Å². The second kappa shape index (κ2) is 7.73. The summed E-state index contributed by atoms with van der Waals surface area (Å²) in [5, 5.41) is 0. The summed E-state index contributed by atoms with van der Waals surface area (Å²) in [5.41, 5.74) is 0. The van der Waals surface area contributed by atoms with Gasteiger partial charge in [0.1, 0.15) is 0 Å². The summed E-state index contributed by atoms with van der Waals surface area (Å²) < 4.78 is 0.